The third-order valence-corrected chi connectivity index (χ3v) is 3.80. The first-order valence-corrected chi connectivity index (χ1v) is 7.25. The number of carbonyl (C=O) groups is 1. The van der Waals surface area contributed by atoms with Gasteiger partial charge in [0.2, 0.25) is 0 Å². The van der Waals surface area contributed by atoms with Crippen LogP contribution < -0.4 is 4.74 Å². The van der Waals surface area contributed by atoms with Crippen LogP contribution in [-0.4, -0.2) is 12.9 Å². The summed E-state index contributed by atoms with van der Waals surface area (Å²) in [6.45, 7) is 1.96. The Bertz CT molecular complexity index is 616. The minimum absolute atomic E-state index is 0.00671. The van der Waals surface area contributed by atoms with E-state index in [1.54, 1.807) is 25.3 Å². The van der Waals surface area contributed by atoms with E-state index in [-0.39, 0.29) is 5.78 Å². The lowest BCUT2D eigenvalue weighted by atomic mass is 10.0. The largest absolute Gasteiger partial charge is 0.496 e. The summed E-state index contributed by atoms with van der Waals surface area (Å²) in [7, 11) is 1.60. The number of benzene rings is 2. The van der Waals surface area contributed by atoms with Crippen LogP contribution in [0.1, 0.15) is 21.5 Å². The van der Waals surface area contributed by atoms with E-state index in [2.05, 4.69) is 31.9 Å². The fourth-order valence-electron chi connectivity index (χ4n) is 1.84. The molecule has 0 saturated heterocycles. The average molecular weight is 384 g/mol. The molecular weight excluding hydrogens is 372 g/mol. The van der Waals surface area contributed by atoms with E-state index >= 15 is 0 Å². The molecule has 0 spiro atoms. The van der Waals surface area contributed by atoms with Crippen LogP contribution in [-0.2, 0) is 0 Å². The van der Waals surface area contributed by atoms with E-state index in [9.17, 15) is 4.79 Å². The Morgan fingerprint density at radius 3 is 2.37 bits per heavy atom. The molecule has 0 N–H and O–H groups in total. The highest BCUT2D eigenvalue weighted by Gasteiger charge is 2.12. The number of rotatable bonds is 3. The molecule has 0 heterocycles. The van der Waals surface area contributed by atoms with Crippen LogP contribution in [0.15, 0.2) is 45.3 Å². The van der Waals surface area contributed by atoms with E-state index in [4.69, 9.17) is 4.74 Å². The molecule has 4 heteroatoms. The lowest BCUT2D eigenvalue weighted by molar-refractivity contribution is 0.103. The van der Waals surface area contributed by atoms with Gasteiger partial charge in [-0.25, -0.2) is 0 Å². The summed E-state index contributed by atoms with van der Waals surface area (Å²) in [5, 5.41) is 0. The van der Waals surface area contributed by atoms with Crippen LogP contribution in [0.2, 0.25) is 0 Å². The minimum Gasteiger partial charge on any atom is -0.496 e. The van der Waals surface area contributed by atoms with Gasteiger partial charge in [-0.2, -0.15) is 0 Å². The fraction of sp³-hybridized carbons (Fsp3) is 0.133. The van der Waals surface area contributed by atoms with Gasteiger partial charge in [0.05, 0.1) is 11.6 Å². The number of ether oxygens (including phenoxy) is 1. The number of carbonyl (C=O) groups excluding carboxylic acids is 1. The number of aryl methyl sites for hydroxylation is 1. The predicted molar refractivity (Wildman–Crippen MR) is 83.0 cm³/mol. The zero-order valence-electron chi connectivity index (χ0n) is 10.5. The Morgan fingerprint density at radius 2 is 1.79 bits per heavy atom. The molecule has 0 amide bonds. The maximum absolute atomic E-state index is 12.4. The molecule has 0 bridgehead atoms. The monoisotopic (exact) mass is 382 g/mol. The van der Waals surface area contributed by atoms with Crippen molar-refractivity contribution in [1.29, 1.82) is 0 Å². The van der Waals surface area contributed by atoms with Gasteiger partial charge in [0.1, 0.15) is 5.75 Å². The van der Waals surface area contributed by atoms with Crippen LogP contribution in [0, 0.1) is 6.92 Å². The summed E-state index contributed by atoms with van der Waals surface area (Å²) in [4.78, 5) is 12.4. The van der Waals surface area contributed by atoms with E-state index in [1.165, 1.54) is 0 Å². The number of methoxy groups -OCH3 is 1. The van der Waals surface area contributed by atoms with Gasteiger partial charge in [-0.05, 0) is 64.8 Å². The van der Waals surface area contributed by atoms with Crippen molar-refractivity contribution >= 4 is 37.6 Å². The molecule has 2 nitrogen and oxygen atoms in total. The standard InChI is InChI=1S/C15H12Br2O2/c1-9-5-11(7-12(16)6-9)15(18)10-3-4-14(19-2)13(17)8-10/h3-8H,1-2H3. The fourth-order valence-corrected chi connectivity index (χ4v) is 2.99. The van der Waals surface area contributed by atoms with Crippen molar-refractivity contribution < 1.29 is 9.53 Å². The second kappa shape index (κ2) is 5.88. The van der Waals surface area contributed by atoms with Crippen LogP contribution in [0.3, 0.4) is 0 Å². The molecular formula is C15H12Br2O2. The Balaban J connectivity index is 2.41. The Labute approximate surface area is 129 Å². The molecule has 98 valence electrons. The first-order valence-electron chi connectivity index (χ1n) is 5.66. The van der Waals surface area contributed by atoms with Gasteiger partial charge >= 0.3 is 0 Å². The van der Waals surface area contributed by atoms with Crippen LogP contribution in [0.4, 0.5) is 0 Å². The van der Waals surface area contributed by atoms with Gasteiger partial charge in [-0.15, -0.1) is 0 Å². The van der Waals surface area contributed by atoms with Crippen molar-refractivity contribution in [3.8, 4) is 5.75 Å². The summed E-state index contributed by atoms with van der Waals surface area (Å²) in [6, 6.07) is 11.0. The maximum atomic E-state index is 12.4. The first kappa shape index (κ1) is 14.3. The minimum atomic E-state index is -0.00671. The maximum Gasteiger partial charge on any atom is 0.193 e. The molecule has 2 aromatic carbocycles. The number of hydrogen-bond donors (Lipinski definition) is 0. The lowest BCUT2D eigenvalue weighted by Crippen LogP contribution is -2.02. The van der Waals surface area contributed by atoms with E-state index in [1.807, 2.05) is 25.1 Å². The van der Waals surface area contributed by atoms with Crippen molar-refractivity contribution in [2.24, 2.45) is 0 Å². The summed E-state index contributed by atoms with van der Waals surface area (Å²) in [5.41, 5.74) is 2.35. The molecule has 0 saturated carbocycles. The van der Waals surface area contributed by atoms with Crippen molar-refractivity contribution in [3.05, 3.63) is 62.0 Å². The molecule has 2 aromatic rings. The second-order valence-corrected chi connectivity index (χ2v) is 5.97. The smallest absolute Gasteiger partial charge is 0.193 e. The van der Waals surface area contributed by atoms with Crippen molar-refractivity contribution in [1.82, 2.24) is 0 Å². The zero-order chi connectivity index (χ0) is 14.0. The van der Waals surface area contributed by atoms with Crippen molar-refractivity contribution in [3.63, 3.8) is 0 Å². The van der Waals surface area contributed by atoms with E-state index in [0.29, 0.717) is 16.9 Å². The van der Waals surface area contributed by atoms with Gasteiger partial charge in [0.15, 0.2) is 5.78 Å². The molecule has 0 aliphatic carbocycles. The molecule has 19 heavy (non-hydrogen) atoms. The summed E-state index contributed by atoms with van der Waals surface area (Å²) < 4.78 is 6.83. The van der Waals surface area contributed by atoms with Crippen LogP contribution >= 0.6 is 31.9 Å². The first-order chi connectivity index (χ1) is 9.01. The summed E-state index contributed by atoms with van der Waals surface area (Å²) in [5.74, 6) is 0.703. The highest BCUT2D eigenvalue weighted by molar-refractivity contribution is 9.10. The normalized spacial score (nSPS) is 10.3. The molecule has 0 aromatic heterocycles. The molecule has 0 aliphatic heterocycles. The predicted octanol–water partition coefficient (Wildman–Crippen LogP) is 4.76. The number of hydrogen-bond acceptors (Lipinski definition) is 2. The third-order valence-electron chi connectivity index (χ3n) is 2.72. The molecule has 2 rings (SSSR count). The quantitative estimate of drug-likeness (QED) is 0.714. The number of ketones is 1. The molecule has 0 radical (unpaired) electrons. The summed E-state index contributed by atoms with van der Waals surface area (Å²) in [6.07, 6.45) is 0. The highest BCUT2D eigenvalue weighted by atomic mass is 79.9. The lowest BCUT2D eigenvalue weighted by Gasteiger charge is -2.07. The molecule has 0 unspecified atom stereocenters. The molecule has 0 atom stereocenters. The third kappa shape index (κ3) is 3.25. The van der Waals surface area contributed by atoms with Gasteiger partial charge in [-0.3, -0.25) is 4.79 Å². The number of halogens is 2. The Kier molecular flexibility index (Phi) is 4.42. The van der Waals surface area contributed by atoms with E-state index < -0.39 is 0 Å². The SMILES string of the molecule is COc1ccc(C(=O)c2cc(C)cc(Br)c2)cc1Br. The highest BCUT2D eigenvalue weighted by Crippen LogP contribution is 2.27. The van der Waals surface area contributed by atoms with Crippen molar-refractivity contribution in [2.45, 2.75) is 6.92 Å². The van der Waals surface area contributed by atoms with Gasteiger partial charge in [0.25, 0.3) is 0 Å². The van der Waals surface area contributed by atoms with Crippen LogP contribution in [0.5, 0.6) is 5.75 Å². The molecule has 0 aliphatic rings. The van der Waals surface area contributed by atoms with Crippen molar-refractivity contribution in [2.75, 3.05) is 7.11 Å². The van der Waals surface area contributed by atoms with Gasteiger partial charge in [0, 0.05) is 15.6 Å². The van der Waals surface area contributed by atoms with Crippen LogP contribution in [0.25, 0.3) is 0 Å². The molecule has 0 fully saturated rings. The van der Waals surface area contributed by atoms with E-state index in [0.717, 1.165) is 14.5 Å². The average Bonchev–Trinajstić information content (AvgIpc) is 2.36. The van der Waals surface area contributed by atoms with Gasteiger partial charge in [-0.1, -0.05) is 15.9 Å². The topological polar surface area (TPSA) is 26.3 Å². The zero-order valence-corrected chi connectivity index (χ0v) is 13.7. The summed E-state index contributed by atoms with van der Waals surface area (Å²) >= 11 is 6.80. The second-order valence-electron chi connectivity index (χ2n) is 4.20. The Hall–Kier alpha value is -1.13. The van der Waals surface area contributed by atoms with Gasteiger partial charge < -0.3 is 4.74 Å². The Morgan fingerprint density at radius 1 is 1.05 bits per heavy atom.